The first kappa shape index (κ1) is 5.57. The van der Waals surface area contributed by atoms with Gasteiger partial charge in [-0.3, -0.25) is 0 Å². The Labute approximate surface area is 35.2 Å². The average Bonchev–Trinajstić information content (AvgIpc) is 0.722. The standard InChI is InChI=1S/BF2PS/c1-4(2,3)5. The molecular weight excluding hydrogens is 112 g/mol. The molecule has 0 saturated heterocycles. The zero-order valence-corrected chi connectivity index (χ0v) is 3.90. The highest BCUT2D eigenvalue weighted by molar-refractivity contribution is 8.21. The summed E-state index contributed by atoms with van der Waals surface area (Å²) < 4.78 is 21.4. The highest BCUT2D eigenvalue weighted by Crippen LogP contribution is 2.42. The van der Waals surface area contributed by atoms with E-state index in [-0.39, 0.29) is 0 Å². The molecule has 0 spiro atoms. The number of rotatable bonds is 0. The molecule has 0 atom stereocenters. The lowest BCUT2D eigenvalue weighted by Crippen LogP contribution is -1.46. The Hall–Kier alpha value is 0.575. The van der Waals surface area contributed by atoms with Gasteiger partial charge in [0.05, 0.1) is 0 Å². The van der Waals surface area contributed by atoms with Crippen molar-refractivity contribution in [1.82, 2.24) is 0 Å². The van der Waals surface area contributed by atoms with Crippen LogP contribution in [0.1, 0.15) is 0 Å². The largest absolute Gasteiger partial charge is 0.215 e. The molecule has 5 heavy (non-hydrogen) atoms. The summed E-state index contributed by atoms with van der Waals surface area (Å²) in [6.45, 7) is -4.31. The van der Waals surface area contributed by atoms with Crippen molar-refractivity contribution >= 4 is 25.9 Å². The molecule has 0 amide bonds. The molecule has 0 N–H and O–H groups in total. The zero-order valence-electron chi connectivity index (χ0n) is 2.19. The minimum Gasteiger partial charge on any atom is -0.195 e. The van der Waals surface area contributed by atoms with E-state index in [0.29, 0.717) is 0 Å². The number of hydrogen-bond donors (Lipinski definition) is 0. The van der Waals surface area contributed by atoms with E-state index in [9.17, 15) is 8.39 Å². The SMILES string of the molecule is [B]P(F)(F)=S. The minimum absolute atomic E-state index is 3.38. The molecule has 0 nitrogen and oxygen atoms in total. The Kier molecular flexibility index (Phi) is 1.51. The van der Waals surface area contributed by atoms with Crippen LogP contribution in [0.2, 0.25) is 0 Å². The van der Waals surface area contributed by atoms with Crippen molar-refractivity contribution in [2.45, 2.75) is 0 Å². The molecule has 0 fully saturated rings. The van der Waals surface area contributed by atoms with Gasteiger partial charge in [-0.05, 0) is 11.8 Å². The fraction of sp³-hybridized carbons (Fsp3) is 0. The van der Waals surface area contributed by atoms with E-state index in [4.69, 9.17) is 0 Å². The topological polar surface area (TPSA) is 0 Å². The summed E-state index contributed by atoms with van der Waals surface area (Å²) in [7, 11) is 3.95. The zero-order chi connectivity index (χ0) is 4.50. The van der Waals surface area contributed by atoms with Crippen LogP contribution in [-0.2, 0) is 11.8 Å². The smallest absolute Gasteiger partial charge is 0.195 e. The summed E-state index contributed by atoms with van der Waals surface area (Å²) in [4.78, 5) is 0. The normalized spacial score (nSPS) is 11.6. The van der Waals surface area contributed by atoms with Crippen LogP contribution in [-0.4, -0.2) is 7.57 Å². The van der Waals surface area contributed by atoms with Gasteiger partial charge >= 0.3 is 0 Å². The van der Waals surface area contributed by atoms with Crippen LogP contribution in [0, 0.1) is 0 Å². The van der Waals surface area contributed by atoms with Crippen molar-refractivity contribution in [1.29, 1.82) is 0 Å². The lowest BCUT2D eigenvalue weighted by molar-refractivity contribution is 0.769. The van der Waals surface area contributed by atoms with Crippen molar-refractivity contribution in [3.63, 3.8) is 0 Å². The summed E-state index contributed by atoms with van der Waals surface area (Å²) in [5, 5.41) is 0. The molecule has 0 unspecified atom stereocenters. The first-order chi connectivity index (χ1) is 2.00. The Morgan fingerprint density at radius 2 is 1.60 bits per heavy atom. The van der Waals surface area contributed by atoms with E-state index in [0.717, 1.165) is 0 Å². The van der Waals surface area contributed by atoms with Gasteiger partial charge in [0.2, 0.25) is 14.1 Å². The minimum atomic E-state index is -4.31. The summed E-state index contributed by atoms with van der Waals surface area (Å²) in [5.41, 5.74) is 0. The monoisotopic (exact) mass is 112 g/mol. The van der Waals surface area contributed by atoms with Crippen molar-refractivity contribution in [3.05, 3.63) is 0 Å². The van der Waals surface area contributed by atoms with Gasteiger partial charge in [0.25, 0.3) is 0 Å². The summed E-state index contributed by atoms with van der Waals surface area (Å²) in [5.74, 6) is 0. The second-order valence-electron chi connectivity index (χ2n) is 0.502. The highest BCUT2D eigenvalue weighted by Gasteiger charge is 1.96. The molecule has 28 valence electrons. The molecule has 0 aromatic carbocycles. The van der Waals surface area contributed by atoms with Gasteiger partial charge in [0.15, 0.2) is 0 Å². The first-order valence-corrected chi connectivity index (χ1v) is 3.43. The third kappa shape index (κ3) is 91.8. The molecule has 0 aliphatic carbocycles. The first-order valence-electron chi connectivity index (χ1n) is 0.779. The summed E-state index contributed by atoms with van der Waals surface area (Å²) >= 11 is 3.38. The van der Waals surface area contributed by atoms with E-state index in [1.165, 1.54) is 0 Å². The van der Waals surface area contributed by atoms with Crippen molar-refractivity contribution in [3.8, 4) is 0 Å². The molecule has 0 rings (SSSR count). The maximum atomic E-state index is 10.7. The van der Waals surface area contributed by atoms with Crippen LogP contribution in [0.15, 0.2) is 0 Å². The summed E-state index contributed by atoms with van der Waals surface area (Å²) in [6, 6.07) is 0. The third-order valence-electron chi connectivity index (χ3n) is 0. The number of hydrogen-bond acceptors (Lipinski definition) is 1. The van der Waals surface area contributed by atoms with E-state index >= 15 is 0 Å². The second-order valence-corrected chi connectivity index (χ2v) is 2.97. The van der Waals surface area contributed by atoms with Crippen molar-refractivity contribution < 1.29 is 8.39 Å². The quantitative estimate of drug-likeness (QED) is 0.336. The van der Waals surface area contributed by atoms with Gasteiger partial charge in [-0.1, -0.05) is 0 Å². The van der Waals surface area contributed by atoms with Gasteiger partial charge in [0, 0.05) is 0 Å². The Balaban J connectivity index is 3.47. The van der Waals surface area contributed by atoms with E-state index < -0.39 is 6.54 Å². The highest BCUT2D eigenvalue weighted by atomic mass is 32.5. The van der Waals surface area contributed by atoms with Gasteiger partial charge < -0.3 is 0 Å². The fourth-order valence-electron chi connectivity index (χ4n) is 0. The maximum Gasteiger partial charge on any atom is 0.215 e. The molecule has 0 heterocycles. The average molecular weight is 112 g/mol. The molecule has 5 heteroatoms. The molecule has 0 aliphatic rings. The summed E-state index contributed by atoms with van der Waals surface area (Å²) in [6.07, 6.45) is 0. The predicted molar refractivity (Wildman–Crippen MR) is 22.3 cm³/mol. The van der Waals surface area contributed by atoms with Crippen LogP contribution >= 0.6 is 6.54 Å². The predicted octanol–water partition coefficient (Wildman–Crippen LogP) is 1.32. The Morgan fingerprint density at radius 1 is 1.60 bits per heavy atom. The van der Waals surface area contributed by atoms with E-state index in [1.807, 2.05) is 0 Å². The van der Waals surface area contributed by atoms with Crippen LogP contribution in [0.5, 0.6) is 0 Å². The van der Waals surface area contributed by atoms with Crippen molar-refractivity contribution in [2.24, 2.45) is 0 Å². The van der Waals surface area contributed by atoms with Crippen molar-refractivity contribution in [2.75, 3.05) is 0 Å². The van der Waals surface area contributed by atoms with Crippen LogP contribution in [0.25, 0.3) is 0 Å². The van der Waals surface area contributed by atoms with E-state index in [2.05, 4.69) is 19.4 Å². The second kappa shape index (κ2) is 1.35. The van der Waals surface area contributed by atoms with Gasteiger partial charge in [-0.15, -0.1) is 0 Å². The molecule has 0 bridgehead atoms. The van der Waals surface area contributed by atoms with E-state index in [1.54, 1.807) is 0 Å². The lowest BCUT2D eigenvalue weighted by atomic mass is 10.8. The molecule has 0 aliphatic heterocycles. The molecule has 0 aromatic heterocycles. The fourth-order valence-corrected chi connectivity index (χ4v) is 0. The molecule has 0 saturated carbocycles. The van der Waals surface area contributed by atoms with Gasteiger partial charge in [-0.25, -0.2) is 0 Å². The molecule has 2 radical (unpaired) electrons. The van der Waals surface area contributed by atoms with Crippen LogP contribution in [0.4, 0.5) is 8.39 Å². The Bertz CT molecular complexity index is 55.8. The van der Waals surface area contributed by atoms with Crippen LogP contribution < -0.4 is 0 Å². The number of halogens is 2. The third-order valence-corrected chi connectivity index (χ3v) is 0. The van der Waals surface area contributed by atoms with Crippen LogP contribution in [0.3, 0.4) is 0 Å². The molecule has 0 aromatic rings. The maximum absolute atomic E-state index is 10.7. The molecular formula is BF2PS. The lowest BCUT2D eigenvalue weighted by Gasteiger charge is -1.80. The van der Waals surface area contributed by atoms with Gasteiger partial charge in [-0.2, -0.15) is 8.39 Å². The van der Waals surface area contributed by atoms with Gasteiger partial charge in [0.1, 0.15) is 0 Å². The Morgan fingerprint density at radius 3 is 1.60 bits per heavy atom.